The summed E-state index contributed by atoms with van der Waals surface area (Å²) in [5.41, 5.74) is 8.92. The lowest BCUT2D eigenvalue weighted by Crippen LogP contribution is -2.38. The van der Waals surface area contributed by atoms with Crippen LogP contribution >= 0.6 is 0 Å². The number of aryl methyl sites for hydroxylation is 1. The lowest BCUT2D eigenvalue weighted by molar-refractivity contribution is 0.227. The number of likely N-dealkylation sites (N-methyl/N-ethyl adjacent to an activating group) is 1. The second kappa shape index (κ2) is 6.77. The molecule has 0 radical (unpaired) electrons. The first-order valence-electron chi connectivity index (χ1n) is 6.64. The summed E-state index contributed by atoms with van der Waals surface area (Å²) in [5, 5.41) is 0. The molecule has 0 amide bonds. The number of benzene rings is 1. The highest BCUT2D eigenvalue weighted by atomic mass is 15.1. The van der Waals surface area contributed by atoms with Gasteiger partial charge in [-0.2, -0.15) is 0 Å². The van der Waals surface area contributed by atoms with Gasteiger partial charge < -0.3 is 10.6 Å². The summed E-state index contributed by atoms with van der Waals surface area (Å²) in [7, 11) is 2.15. The van der Waals surface area contributed by atoms with Crippen LogP contribution in [0.5, 0.6) is 0 Å². The van der Waals surface area contributed by atoms with Crippen LogP contribution in [-0.2, 0) is 6.42 Å². The number of nitrogens with two attached hydrogens (primary N) is 1. The van der Waals surface area contributed by atoms with Crippen molar-refractivity contribution in [1.29, 1.82) is 0 Å². The van der Waals surface area contributed by atoms with E-state index in [1.165, 1.54) is 17.5 Å². The zero-order valence-corrected chi connectivity index (χ0v) is 11.6. The first-order chi connectivity index (χ1) is 8.10. The molecule has 17 heavy (non-hydrogen) atoms. The summed E-state index contributed by atoms with van der Waals surface area (Å²) in [6.07, 6.45) is 2.25. The van der Waals surface area contributed by atoms with Crippen molar-refractivity contribution >= 4 is 0 Å². The van der Waals surface area contributed by atoms with Crippen molar-refractivity contribution < 1.29 is 0 Å². The van der Waals surface area contributed by atoms with Crippen LogP contribution in [0.1, 0.15) is 44.4 Å². The lowest BCUT2D eigenvalue weighted by Gasteiger charge is -2.29. The maximum atomic E-state index is 6.32. The Balaban J connectivity index is 2.70. The summed E-state index contributed by atoms with van der Waals surface area (Å²) in [6.45, 7) is 7.67. The average molecular weight is 234 g/mol. The van der Waals surface area contributed by atoms with Gasteiger partial charge in [-0.1, -0.05) is 38.1 Å². The largest absolute Gasteiger partial charge is 0.323 e. The van der Waals surface area contributed by atoms with Crippen molar-refractivity contribution in [3.8, 4) is 0 Å². The van der Waals surface area contributed by atoms with Gasteiger partial charge in [0.25, 0.3) is 0 Å². The van der Waals surface area contributed by atoms with Gasteiger partial charge in [0, 0.05) is 12.1 Å². The SMILES string of the molecule is CCCN(C)C(C)C(N)c1ccc(CC)cc1. The van der Waals surface area contributed by atoms with Crippen LogP contribution in [0.2, 0.25) is 0 Å². The van der Waals surface area contributed by atoms with Crippen molar-refractivity contribution in [2.24, 2.45) is 5.73 Å². The van der Waals surface area contributed by atoms with Crippen LogP contribution in [0, 0.1) is 0 Å². The minimum Gasteiger partial charge on any atom is -0.323 e. The van der Waals surface area contributed by atoms with E-state index in [1.807, 2.05) is 0 Å². The van der Waals surface area contributed by atoms with Crippen LogP contribution in [0.25, 0.3) is 0 Å². The maximum absolute atomic E-state index is 6.32. The lowest BCUT2D eigenvalue weighted by atomic mass is 9.98. The third-order valence-electron chi connectivity index (χ3n) is 3.56. The minimum absolute atomic E-state index is 0.0949. The summed E-state index contributed by atoms with van der Waals surface area (Å²) in [5.74, 6) is 0. The van der Waals surface area contributed by atoms with Gasteiger partial charge in [-0.25, -0.2) is 0 Å². The predicted octanol–water partition coefficient (Wildman–Crippen LogP) is 2.98. The molecule has 0 saturated heterocycles. The number of nitrogens with zero attached hydrogens (tertiary/aromatic N) is 1. The molecule has 96 valence electrons. The quantitative estimate of drug-likeness (QED) is 0.820. The van der Waals surface area contributed by atoms with Gasteiger partial charge in [0.1, 0.15) is 0 Å². The Morgan fingerprint density at radius 2 is 1.76 bits per heavy atom. The maximum Gasteiger partial charge on any atom is 0.0450 e. The molecule has 0 spiro atoms. The van der Waals surface area contributed by atoms with Crippen LogP contribution < -0.4 is 5.73 Å². The van der Waals surface area contributed by atoms with Gasteiger partial charge in [-0.05, 0) is 44.5 Å². The Labute approximate surface area is 106 Å². The predicted molar refractivity (Wildman–Crippen MR) is 75.1 cm³/mol. The number of rotatable bonds is 6. The van der Waals surface area contributed by atoms with Gasteiger partial charge in [0.05, 0.1) is 0 Å². The molecule has 1 rings (SSSR count). The highest BCUT2D eigenvalue weighted by Gasteiger charge is 2.18. The van der Waals surface area contributed by atoms with Gasteiger partial charge in [0.2, 0.25) is 0 Å². The monoisotopic (exact) mass is 234 g/mol. The van der Waals surface area contributed by atoms with E-state index in [0.717, 1.165) is 13.0 Å². The third kappa shape index (κ3) is 3.83. The Hall–Kier alpha value is -0.860. The molecule has 2 nitrogen and oxygen atoms in total. The Bertz CT molecular complexity index is 318. The summed E-state index contributed by atoms with van der Waals surface area (Å²) in [4.78, 5) is 2.33. The smallest absolute Gasteiger partial charge is 0.0450 e. The summed E-state index contributed by atoms with van der Waals surface area (Å²) < 4.78 is 0. The fraction of sp³-hybridized carbons (Fsp3) is 0.600. The van der Waals surface area contributed by atoms with Crippen molar-refractivity contribution in [3.05, 3.63) is 35.4 Å². The van der Waals surface area contributed by atoms with Gasteiger partial charge in [-0.3, -0.25) is 0 Å². The Kier molecular flexibility index (Phi) is 5.66. The molecule has 2 heteroatoms. The van der Waals surface area contributed by atoms with E-state index in [1.54, 1.807) is 0 Å². The van der Waals surface area contributed by atoms with E-state index >= 15 is 0 Å². The summed E-state index contributed by atoms with van der Waals surface area (Å²) in [6, 6.07) is 9.17. The number of hydrogen-bond acceptors (Lipinski definition) is 2. The molecule has 0 bridgehead atoms. The van der Waals surface area contributed by atoms with Crippen LogP contribution in [0.15, 0.2) is 24.3 Å². The number of hydrogen-bond donors (Lipinski definition) is 1. The molecule has 0 saturated carbocycles. The first kappa shape index (κ1) is 14.2. The van der Waals surface area contributed by atoms with Crippen LogP contribution in [0.4, 0.5) is 0 Å². The molecular formula is C15H26N2. The molecule has 0 aromatic heterocycles. The van der Waals surface area contributed by atoms with E-state index in [9.17, 15) is 0 Å². The molecule has 0 aliphatic carbocycles. The molecule has 0 aliphatic rings. The summed E-state index contributed by atoms with van der Waals surface area (Å²) >= 11 is 0. The van der Waals surface area contributed by atoms with Crippen molar-refractivity contribution in [3.63, 3.8) is 0 Å². The van der Waals surface area contributed by atoms with Crippen molar-refractivity contribution in [2.45, 2.75) is 45.7 Å². The van der Waals surface area contributed by atoms with E-state index in [2.05, 4.69) is 57.0 Å². The topological polar surface area (TPSA) is 29.3 Å². The second-order valence-corrected chi connectivity index (χ2v) is 4.84. The fourth-order valence-electron chi connectivity index (χ4n) is 2.08. The molecule has 1 aromatic carbocycles. The molecule has 2 atom stereocenters. The zero-order chi connectivity index (χ0) is 12.8. The molecule has 0 fully saturated rings. The van der Waals surface area contributed by atoms with Crippen LogP contribution in [-0.4, -0.2) is 24.5 Å². The Morgan fingerprint density at radius 1 is 1.18 bits per heavy atom. The first-order valence-corrected chi connectivity index (χ1v) is 6.64. The van der Waals surface area contributed by atoms with E-state index in [4.69, 9.17) is 5.73 Å². The van der Waals surface area contributed by atoms with E-state index in [0.29, 0.717) is 6.04 Å². The molecule has 0 aliphatic heterocycles. The highest BCUT2D eigenvalue weighted by Crippen LogP contribution is 2.18. The van der Waals surface area contributed by atoms with Gasteiger partial charge in [-0.15, -0.1) is 0 Å². The van der Waals surface area contributed by atoms with E-state index < -0.39 is 0 Å². The van der Waals surface area contributed by atoms with Crippen molar-refractivity contribution in [2.75, 3.05) is 13.6 Å². The molecule has 2 N–H and O–H groups in total. The molecule has 0 heterocycles. The van der Waals surface area contributed by atoms with Crippen LogP contribution in [0.3, 0.4) is 0 Å². The normalized spacial score (nSPS) is 14.9. The third-order valence-corrected chi connectivity index (χ3v) is 3.56. The van der Waals surface area contributed by atoms with E-state index in [-0.39, 0.29) is 6.04 Å². The second-order valence-electron chi connectivity index (χ2n) is 4.84. The molecule has 1 aromatic rings. The zero-order valence-electron chi connectivity index (χ0n) is 11.6. The fourth-order valence-corrected chi connectivity index (χ4v) is 2.08. The minimum atomic E-state index is 0.0949. The molecular weight excluding hydrogens is 208 g/mol. The standard InChI is InChI=1S/C15H26N2/c1-5-11-17(4)12(3)15(16)14-9-7-13(6-2)8-10-14/h7-10,12,15H,5-6,11,16H2,1-4H3. The van der Waals surface area contributed by atoms with Gasteiger partial charge >= 0.3 is 0 Å². The average Bonchev–Trinajstić information content (AvgIpc) is 2.37. The molecule has 2 unspecified atom stereocenters. The Morgan fingerprint density at radius 3 is 2.24 bits per heavy atom. The van der Waals surface area contributed by atoms with Gasteiger partial charge in [0.15, 0.2) is 0 Å². The highest BCUT2D eigenvalue weighted by molar-refractivity contribution is 5.25. The van der Waals surface area contributed by atoms with Crippen molar-refractivity contribution in [1.82, 2.24) is 4.90 Å².